The Morgan fingerprint density at radius 3 is 2.59 bits per heavy atom. The van der Waals surface area contributed by atoms with Gasteiger partial charge in [0.1, 0.15) is 0 Å². The van der Waals surface area contributed by atoms with Crippen LogP contribution in [-0.4, -0.2) is 11.7 Å². The molecule has 0 spiro atoms. The van der Waals surface area contributed by atoms with Gasteiger partial charge in [-0.1, -0.05) is 56.5 Å². The molecule has 0 aliphatic carbocycles. The van der Waals surface area contributed by atoms with Crippen LogP contribution in [0.5, 0.6) is 0 Å². The van der Waals surface area contributed by atoms with E-state index < -0.39 is 0 Å². The lowest BCUT2D eigenvalue weighted by atomic mass is 9.89. The molecule has 96 valence electrons. The topological polar surface area (TPSA) is 20.2 Å². The molecular formula is C15H23ClO. The predicted octanol–water partition coefficient (Wildman–Crippen LogP) is 4.32. The average Bonchev–Trinajstić information content (AvgIpc) is 2.31. The summed E-state index contributed by atoms with van der Waals surface area (Å²) in [6.45, 7) is 4.72. The van der Waals surface area contributed by atoms with Gasteiger partial charge in [-0.2, -0.15) is 0 Å². The highest BCUT2D eigenvalue weighted by Gasteiger charge is 2.14. The third-order valence-corrected chi connectivity index (χ3v) is 3.61. The minimum absolute atomic E-state index is 0.249. The Hall–Kier alpha value is -0.530. The molecule has 0 heterocycles. The van der Waals surface area contributed by atoms with Crippen LogP contribution in [0.15, 0.2) is 24.3 Å². The van der Waals surface area contributed by atoms with Gasteiger partial charge in [-0.05, 0) is 36.3 Å². The Morgan fingerprint density at radius 1 is 1.29 bits per heavy atom. The number of hydrogen-bond donors (Lipinski definition) is 1. The molecule has 1 N–H and O–H groups in total. The van der Waals surface area contributed by atoms with Crippen LogP contribution in [0.2, 0.25) is 5.02 Å². The van der Waals surface area contributed by atoms with Gasteiger partial charge < -0.3 is 5.11 Å². The number of aliphatic hydroxyl groups excluding tert-OH is 1. The van der Waals surface area contributed by atoms with E-state index in [-0.39, 0.29) is 6.61 Å². The van der Waals surface area contributed by atoms with Gasteiger partial charge in [-0.25, -0.2) is 0 Å². The highest BCUT2D eigenvalue weighted by atomic mass is 35.5. The monoisotopic (exact) mass is 254 g/mol. The number of aliphatic hydroxyl groups is 1. The van der Waals surface area contributed by atoms with Crippen LogP contribution in [0.4, 0.5) is 0 Å². The molecule has 1 aromatic carbocycles. The lowest BCUT2D eigenvalue weighted by Crippen LogP contribution is -2.14. The summed E-state index contributed by atoms with van der Waals surface area (Å²) in [7, 11) is 0. The third-order valence-electron chi connectivity index (χ3n) is 3.24. The number of benzene rings is 1. The predicted molar refractivity (Wildman–Crippen MR) is 74.4 cm³/mol. The molecule has 0 saturated heterocycles. The summed E-state index contributed by atoms with van der Waals surface area (Å²) >= 11 is 6.14. The molecule has 0 saturated carbocycles. The van der Waals surface area contributed by atoms with E-state index in [4.69, 9.17) is 11.6 Å². The molecule has 0 aliphatic heterocycles. The van der Waals surface area contributed by atoms with Crippen molar-refractivity contribution in [2.45, 2.75) is 39.5 Å². The molecule has 0 aromatic heterocycles. The largest absolute Gasteiger partial charge is 0.396 e. The summed E-state index contributed by atoms with van der Waals surface area (Å²) in [6.07, 6.45) is 4.41. The van der Waals surface area contributed by atoms with Crippen molar-refractivity contribution in [2.75, 3.05) is 6.61 Å². The van der Waals surface area contributed by atoms with Crippen molar-refractivity contribution < 1.29 is 5.11 Å². The van der Waals surface area contributed by atoms with Gasteiger partial charge in [0, 0.05) is 11.6 Å². The van der Waals surface area contributed by atoms with Crippen LogP contribution in [0.3, 0.4) is 0 Å². The second-order valence-corrected chi connectivity index (χ2v) is 5.38. The van der Waals surface area contributed by atoms with Crippen molar-refractivity contribution in [3.05, 3.63) is 34.9 Å². The standard InChI is InChI=1S/C15H23ClO/c1-3-6-12(2)9-13(11-17)10-14-7-4-5-8-15(14)16/h4-5,7-8,12-13,17H,3,6,9-11H2,1-2H3. The molecule has 2 heteroatoms. The molecule has 2 atom stereocenters. The van der Waals surface area contributed by atoms with Gasteiger partial charge in [0.25, 0.3) is 0 Å². The number of halogens is 1. The number of hydrogen-bond acceptors (Lipinski definition) is 1. The maximum atomic E-state index is 9.45. The first-order valence-electron chi connectivity index (χ1n) is 6.51. The maximum Gasteiger partial charge on any atom is 0.0462 e. The first-order valence-corrected chi connectivity index (χ1v) is 6.89. The molecular weight excluding hydrogens is 232 g/mol. The van der Waals surface area contributed by atoms with Crippen LogP contribution >= 0.6 is 11.6 Å². The van der Waals surface area contributed by atoms with E-state index in [1.54, 1.807) is 0 Å². The first-order chi connectivity index (χ1) is 8.17. The van der Waals surface area contributed by atoms with Gasteiger partial charge >= 0.3 is 0 Å². The summed E-state index contributed by atoms with van der Waals surface area (Å²) < 4.78 is 0. The van der Waals surface area contributed by atoms with Crippen molar-refractivity contribution in [1.29, 1.82) is 0 Å². The third kappa shape index (κ3) is 5.10. The van der Waals surface area contributed by atoms with Crippen molar-refractivity contribution in [3.8, 4) is 0 Å². The minimum Gasteiger partial charge on any atom is -0.396 e. The van der Waals surface area contributed by atoms with Gasteiger partial charge in [-0.15, -0.1) is 0 Å². The quantitative estimate of drug-likeness (QED) is 0.769. The van der Waals surface area contributed by atoms with Gasteiger partial charge in [0.05, 0.1) is 0 Å². The summed E-state index contributed by atoms with van der Waals surface area (Å²) in [4.78, 5) is 0. The van der Waals surface area contributed by atoms with E-state index in [9.17, 15) is 5.11 Å². The molecule has 17 heavy (non-hydrogen) atoms. The molecule has 0 fully saturated rings. The van der Waals surface area contributed by atoms with E-state index in [1.165, 1.54) is 12.8 Å². The smallest absolute Gasteiger partial charge is 0.0462 e. The van der Waals surface area contributed by atoms with E-state index >= 15 is 0 Å². The van der Waals surface area contributed by atoms with Crippen LogP contribution in [0.25, 0.3) is 0 Å². The first kappa shape index (κ1) is 14.5. The Kier molecular flexibility index (Phi) is 6.61. The Balaban J connectivity index is 2.55. The summed E-state index contributed by atoms with van der Waals surface area (Å²) in [6, 6.07) is 7.92. The van der Waals surface area contributed by atoms with E-state index in [2.05, 4.69) is 19.9 Å². The maximum absolute atomic E-state index is 9.45. The highest BCUT2D eigenvalue weighted by molar-refractivity contribution is 6.31. The fourth-order valence-corrected chi connectivity index (χ4v) is 2.59. The summed E-state index contributed by atoms with van der Waals surface area (Å²) in [5.41, 5.74) is 1.15. The number of rotatable bonds is 7. The SMILES string of the molecule is CCCC(C)CC(CO)Cc1ccccc1Cl. The summed E-state index contributed by atoms with van der Waals surface area (Å²) in [5.74, 6) is 1.01. The van der Waals surface area contributed by atoms with Crippen LogP contribution in [0, 0.1) is 11.8 Å². The second-order valence-electron chi connectivity index (χ2n) is 4.97. The van der Waals surface area contributed by atoms with Gasteiger partial charge in [0.15, 0.2) is 0 Å². The normalized spacial score (nSPS) is 14.6. The molecule has 0 bridgehead atoms. The Labute approximate surface area is 110 Å². The molecule has 0 radical (unpaired) electrons. The van der Waals surface area contributed by atoms with E-state index in [1.807, 2.05) is 18.2 Å². The molecule has 1 aromatic rings. The van der Waals surface area contributed by atoms with E-state index in [0.29, 0.717) is 11.8 Å². The lowest BCUT2D eigenvalue weighted by Gasteiger charge is -2.19. The fraction of sp³-hybridized carbons (Fsp3) is 0.600. The van der Waals surface area contributed by atoms with Gasteiger partial charge in [0.2, 0.25) is 0 Å². The zero-order valence-corrected chi connectivity index (χ0v) is 11.6. The molecule has 0 aliphatic rings. The fourth-order valence-electron chi connectivity index (χ4n) is 2.38. The minimum atomic E-state index is 0.249. The second kappa shape index (κ2) is 7.73. The van der Waals surface area contributed by atoms with Crippen molar-refractivity contribution >= 4 is 11.6 Å². The molecule has 2 unspecified atom stereocenters. The van der Waals surface area contributed by atoms with Crippen molar-refractivity contribution in [2.24, 2.45) is 11.8 Å². The lowest BCUT2D eigenvalue weighted by molar-refractivity contribution is 0.200. The zero-order chi connectivity index (χ0) is 12.7. The van der Waals surface area contributed by atoms with E-state index in [0.717, 1.165) is 23.4 Å². The molecule has 1 nitrogen and oxygen atoms in total. The average molecular weight is 255 g/mol. The van der Waals surface area contributed by atoms with Crippen LogP contribution in [0.1, 0.15) is 38.7 Å². The van der Waals surface area contributed by atoms with Crippen LogP contribution < -0.4 is 0 Å². The highest BCUT2D eigenvalue weighted by Crippen LogP contribution is 2.24. The van der Waals surface area contributed by atoms with Crippen molar-refractivity contribution in [1.82, 2.24) is 0 Å². The Bertz CT molecular complexity index is 324. The Morgan fingerprint density at radius 2 is 2.00 bits per heavy atom. The van der Waals surface area contributed by atoms with Crippen LogP contribution in [-0.2, 0) is 6.42 Å². The zero-order valence-electron chi connectivity index (χ0n) is 10.8. The van der Waals surface area contributed by atoms with Gasteiger partial charge in [-0.3, -0.25) is 0 Å². The van der Waals surface area contributed by atoms with Crippen molar-refractivity contribution in [3.63, 3.8) is 0 Å². The molecule has 1 rings (SSSR count). The molecule has 0 amide bonds. The summed E-state index contributed by atoms with van der Waals surface area (Å²) in [5, 5.41) is 10.3.